The molecule has 1 saturated carbocycles. The molecule has 1 fully saturated rings. The highest BCUT2D eigenvalue weighted by Gasteiger charge is 2.20. The smallest absolute Gasteiger partial charge is 0.119 e. The number of nitrogens with zero attached hydrogens (tertiary/aromatic N) is 2. The van der Waals surface area contributed by atoms with E-state index < -0.39 is 0 Å². The molecular weight excluding hydrogens is 330 g/mol. The Morgan fingerprint density at radius 1 is 1.43 bits per heavy atom. The normalized spacial score (nSPS) is 14.4. The maximum Gasteiger partial charge on any atom is 0.119 e. The van der Waals surface area contributed by atoms with Gasteiger partial charge in [0, 0.05) is 42.9 Å². The molecule has 0 saturated heterocycles. The van der Waals surface area contributed by atoms with E-state index in [1.165, 1.54) is 18.4 Å². The summed E-state index contributed by atoms with van der Waals surface area (Å²) >= 11 is 3.60. The topological polar surface area (TPSA) is 39.1 Å². The number of hydrogen-bond donors (Lipinski definition) is 1. The summed E-state index contributed by atoms with van der Waals surface area (Å²) in [4.78, 5) is 4.30. The number of hydrogen-bond acceptors (Lipinski definition) is 3. The van der Waals surface area contributed by atoms with Gasteiger partial charge in [0.15, 0.2) is 0 Å². The SMILES string of the molecule is Cn1ccnc1CCOc1ccc(Br)c(CNC2CC2)c1. The van der Waals surface area contributed by atoms with Crippen molar-refractivity contribution in [3.63, 3.8) is 0 Å². The summed E-state index contributed by atoms with van der Waals surface area (Å²) in [5.41, 5.74) is 1.25. The monoisotopic (exact) mass is 349 g/mol. The summed E-state index contributed by atoms with van der Waals surface area (Å²) in [5.74, 6) is 1.96. The lowest BCUT2D eigenvalue weighted by atomic mass is 10.2. The second-order valence-electron chi connectivity index (χ2n) is 5.46. The Hall–Kier alpha value is -1.33. The summed E-state index contributed by atoms with van der Waals surface area (Å²) < 4.78 is 9.01. The van der Waals surface area contributed by atoms with Crippen molar-refractivity contribution in [1.82, 2.24) is 14.9 Å². The first-order chi connectivity index (χ1) is 10.2. The fourth-order valence-corrected chi connectivity index (χ4v) is 2.60. The molecule has 1 aromatic heterocycles. The second kappa shape index (κ2) is 6.62. The lowest BCUT2D eigenvalue weighted by molar-refractivity contribution is 0.317. The van der Waals surface area contributed by atoms with Gasteiger partial charge in [0.05, 0.1) is 6.61 Å². The number of halogens is 1. The zero-order chi connectivity index (χ0) is 14.7. The van der Waals surface area contributed by atoms with Crippen molar-refractivity contribution < 1.29 is 4.74 Å². The Kier molecular flexibility index (Phi) is 4.60. The zero-order valence-electron chi connectivity index (χ0n) is 12.2. The van der Waals surface area contributed by atoms with E-state index in [-0.39, 0.29) is 0 Å². The summed E-state index contributed by atoms with van der Waals surface area (Å²) in [6.07, 6.45) is 7.19. The van der Waals surface area contributed by atoms with Gasteiger partial charge in [0.25, 0.3) is 0 Å². The molecule has 0 amide bonds. The minimum atomic E-state index is 0.641. The number of aryl methyl sites for hydroxylation is 1. The third-order valence-corrected chi connectivity index (χ3v) is 4.46. The Labute approximate surface area is 133 Å². The lowest BCUT2D eigenvalue weighted by Crippen LogP contribution is -2.15. The van der Waals surface area contributed by atoms with Crippen LogP contribution in [0.5, 0.6) is 5.75 Å². The average molecular weight is 350 g/mol. The van der Waals surface area contributed by atoms with Gasteiger partial charge in [-0.2, -0.15) is 0 Å². The van der Waals surface area contributed by atoms with Crippen LogP contribution < -0.4 is 10.1 Å². The van der Waals surface area contributed by atoms with E-state index in [4.69, 9.17) is 4.74 Å². The van der Waals surface area contributed by atoms with E-state index in [0.29, 0.717) is 12.6 Å². The Balaban J connectivity index is 1.54. The molecule has 0 atom stereocenters. The third kappa shape index (κ3) is 4.08. The molecule has 0 aliphatic heterocycles. The first-order valence-corrected chi connectivity index (χ1v) is 8.12. The highest BCUT2D eigenvalue weighted by Crippen LogP contribution is 2.25. The number of aromatic nitrogens is 2. The fourth-order valence-electron chi connectivity index (χ4n) is 2.22. The highest BCUT2D eigenvalue weighted by atomic mass is 79.9. The Morgan fingerprint density at radius 3 is 3.00 bits per heavy atom. The first kappa shape index (κ1) is 14.6. The summed E-state index contributed by atoms with van der Waals surface area (Å²) in [6, 6.07) is 6.88. The van der Waals surface area contributed by atoms with Crippen LogP contribution in [0.25, 0.3) is 0 Å². The molecular formula is C16H20BrN3O. The van der Waals surface area contributed by atoms with Gasteiger partial charge in [0.1, 0.15) is 11.6 Å². The van der Waals surface area contributed by atoms with Crippen LogP contribution in [0.15, 0.2) is 35.1 Å². The average Bonchev–Trinajstić information content (AvgIpc) is 3.22. The van der Waals surface area contributed by atoms with Gasteiger partial charge in [-0.1, -0.05) is 15.9 Å². The molecule has 0 spiro atoms. The van der Waals surface area contributed by atoms with E-state index in [1.807, 2.05) is 30.1 Å². The van der Waals surface area contributed by atoms with Crippen LogP contribution in [0.3, 0.4) is 0 Å². The van der Waals surface area contributed by atoms with Crippen LogP contribution in [0.1, 0.15) is 24.2 Å². The highest BCUT2D eigenvalue weighted by molar-refractivity contribution is 9.10. The lowest BCUT2D eigenvalue weighted by Gasteiger charge is -2.10. The first-order valence-electron chi connectivity index (χ1n) is 7.33. The Morgan fingerprint density at radius 2 is 2.29 bits per heavy atom. The summed E-state index contributed by atoms with van der Waals surface area (Å²) in [5, 5.41) is 3.53. The van der Waals surface area contributed by atoms with Crippen molar-refractivity contribution >= 4 is 15.9 Å². The maximum atomic E-state index is 5.85. The molecule has 0 radical (unpaired) electrons. The predicted octanol–water partition coefficient (Wildman–Crippen LogP) is 3.06. The van der Waals surface area contributed by atoms with Crippen LogP contribution >= 0.6 is 15.9 Å². The van der Waals surface area contributed by atoms with Gasteiger partial charge in [0.2, 0.25) is 0 Å². The molecule has 1 heterocycles. The minimum absolute atomic E-state index is 0.641. The van der Waals surface area contributed by atoms with Crippen LogP contribution in [-0.4, -0.2) is 22.2 Å². The molecule has 1 N–H and O–H groups in total. The molecule has 21 heavy (non-hydrogen) atoms. The van der Waals surface area contributed by atoms with E-state index in [2.05, 4.69) is 38.4 Å². The number of imidazole rings is 1. The zero-order valence-corrected chi connectivity index (χ0v) is 13.8. The van der Waals surface area contributed by atoms with Gasteiger partial charge in [-0.3, -0.25) is 0 Å². The fraction of sp³-hybridized carbons (Fsp3) is 0.438. The molecule has 1 aliphatic carbocycles. The maximum absolute atomic E-state index is 5.85. The molecule has 112 valence electrons. The van der Waals surface area contributed by atoms with Crippen molar-refractivity contribution in [1.29, 1.82) is 0 Å². The van der Waals surface area contributed by atoms with Crippen LogP contribution in [0.4, 0.5) is 0 Å². The molecule has 2 aromatic rings. The molecule has 1 aliphatic rings. The minimum Gasteiger partial charge on any atom is -0.493 e. The molecule has 0 bridgehead atoms. The standard InChI is InChI=1S/C16H20BrN3O/c1-20-8-7-18-16(20)6-9-21-14-4-5-15(17)12(10-14)11-19-13-2-3-13/h4-5,7-8,10,13,19H,2-3,6,9,11H2,1H3. The van der Waals surface area contributed by atoms with Crippen molar-refractivity contribution in [3.8, 4) is 5.75 Å². The number of rotatable bonds is 7. The van der Waals surface area contributed by atoms with E-state index in [1.54, 1.807) is 0 Å². The molecule has 1 aromatic carbocycles. The van der Waals surface area contributed by atoms with Gasteiger partial charge >= 0.3 is 0 Å². The van der Waals surface area contributed by atoms with Gasteiger partial charge in [-0.25, -0.2) is 4.98 Å². The van der Waals surface area contributed by atoms with Crippen LogP contribution in [0.2, 0.25) is 0 Å². The molecule has 0 unspecified atom stereocenters. The number of ether oxygens (including phenoxy) is 1. The molecule has 4 nitrogen and oxygen atoms in total. The predicted molar refractivity (Wildman–Crippen MR) is 86.4 cm³/mol. The van der Waals surface area contributed by atoms with E-state index in [9.17, 15) is 0 Å². The molecule has 3 rings (SSSR count). The number of benzene rings is 1. The largest absolute Gasteiger partial charge is 0.493 e. The Bertz CT molecular complexity index is 607. The van der Waals surface area contributed by atoms with Crippen molar-refractivity contribution in [2.75, 3.05) is 6.61 Å². The molecule has 5 heteroatoms. The quantitative estimate of drug-likeness (QED) is 0.834. The van der Waals surface area contributed by atoms with Gasteiger partial charge in [-0.05, 0) is 36.6 Å². The van der Waals surface area contributed by atoms with Crippen molar-refractivity contribution in [2.45, 2.75) is 31.8 Å². The van der Waals surface area contributed by atoms with E-state index >= 15 is 0 Å². The summed E-state index contributed by atoms with van der Waals surface area (Å²) in [7, 11) is 2.00. The van der Waals surface area contributed by atoms with Gasteiger partial charge < -0.3 is 14.6 Å². The third-order valence-electron chi connectivity index (χ3n) is 3.69. The number of nitrogens with one attached hydrogen (secondary N) is 1. The van der Waals surface area contributed by atoms with E-state index in [0.717, 1.165) is 29.0 Å². The van der Waals surface area contributed by atoms with Gasteiger partial charge in [-0.15, -0.1) is 0 Å². The van der Waals surface area contributed by atoms with Crippen LogP contribution in [-0.2, 0) is 20.0 Å². The van der Waals surface area contributed by atoms with Crippen molar-refractivity contribution in [3.05, 3.63) is 46.5 Å². The van der Waals surface area contributed by atoms with Crippen LogP contribution in [0, 0.1) is 0 Å². The summed E-state index contributed by atoms with van der Waals surface area (Å²) in [6.45, 7) is 1.53. The second-order valence-corrected chi connectivity index (χ2v) is 6.32. The van der Waals surface area contributed by atoms with Crippen molar-refractivity contribution in [2.24, 2.45) is 7.05 Å².